The van der Waals surface area contributed by atoms with Crippen LogP contribution in [0.15, 0.2) is 48.8 Å². The van der Waals surface area contributed by atoms with E-state index < -0.39 is 11.5 Å². The molecule has 1 atom stereocenters. The number of fused-ring (bicyclic) bond motifs is 1. The zero-order chi connectivity index (χ0) is 32.8. The first kappa shape index (κ1) is 33.8. The predicted octanol–water partition coefficient (Wildman–Crippen LogP) is 4.99. The summed E-state index contributed by atoms with van der Waals surface area (Å²) in [7, 11) is 10.8. The standard InChI is InChI=1S/C31H37Cl2FN8O3/c1-38(2)11-12-39(3)25-16-27(45-6)23(15-26(25)42(19-43)14-13-40(4)30(44)29(33)34)36-31-35-17-22(32)28(37-31)21-18-41(5)24-10-8-7-9-20(21)24/h7-10,15-19,29H,11-14H2,1-6H3,(H,35,36,37). The maximum absolute atomic E-state index is 13.4. The Kier molecular flexibility index (Phi) is 11.1. The quantitative estimate of drug-likeness (QED) is 0.149. The van der Waals surface area contributed by atoms with Gasteiger partial charge in [0.1, 0.15) is 5.75 Å². The van der Waals surface area contributed by atoms with E-state index in [0.717, 1.165) is 27.9 Å². The van der Waals surface area contributed by atoms with Gasteiger partial charge in [0, 0.05) is 76.1 Å². The molecule has 0 bridgehead atoms. The van der Waals surface area contributed by atoms with Gasteiger partial charge in [-0.2, -0.15) is 0 Å². The normalized spacial score (nSPS) is 11.9. The number of carbonyl (C=O) groups is 2. The first-order valence-electron chi connectivity index (χ1n) is 14.1. The molecule has 1 N–H and O–H groups in total. The van der Waals surface area contributed by atoms with Crippen LogP contribution in [0.25, 0.3) is 22.2 Å². The van der Waals surface area contributed by atoms with Crippen molar-refractivity contribution in [2.45, 2.75) is 5.63 Å². The minimum atomic E-state index is -2.16. The van der Waals surface area contributed by atoms with Gasteiger partial charge in [-0.1, -0.05) is 41.4 Å². The number of aromatic nitrogens is 3. The number of nitrogens with one attached hydrogen (secondary N) is 1. The topological polar surface area (TPSA) is 99.1 Å². The summed E-state index contributed by atoms with van der Waals surface area (Å²) in [5.74, 6) is -0.138. The number of nitrogens with zero attached hydrogens (tertiary/aromatic N) is 7. The summed E-state index contributed by atoms with van der Waals surface area (Å²) in [5.41, 5.74) is 2.00. The van der Waals surface area contributed by atoms with E-state index in [9.17, 15) is 14.0 Å². The highest BCUT2D eigenvalue weighted by Crippen LogP contribution is 2.40. The maximum Gasteiger partial charge on any atom is 0.272 e. The van der Waals surface area contributed by atoms with E-state index in [1.54, 1.807) is 13.2 Å². The smallest absolute Gasteiger partial charge is 0.272 e. The summed E-state index contributed by atoms with van der Waals surface area (Å²) in [5, 5.41) is 4.62. The molecule has 2 amide bonds. The number of ether oxygens (including phenoxy) is 1. The lowest BCUT2D eigenvalue weighted by Crippen LogP contribution is -2.39. The van der Waals surface area contributed by atoms with Crippen LogP contribution < -0.4 is 19.9 Å². The number of amides is 2. The van der Waals surface area contributed by atoms with Crippen molar-refractivity contribution in [1.82, 2.24) is 24.3 Å². The predicted molar refractivity (Wildman–Crippen MR) is 179 cm³/mol. The summed E-state index contributed by atoms with van der Waals surface area (Å²) in [6.45, 7) is 1.53. The summed E-state index contributed by atoms with van der Waals surface area (Å²) < 4.78 is 21.2. The fourth-order valence-electron chi connectivity index (χ4n) is 4.86. The molecule has 2 aromatic carbocycles. The number of alkyl halides is 2. The number of rotatable bonds is 14. The Morgan fingerprint density at radius 1 is 1.11 bits per heavy atom. The number of anilines is 4. The minimum absolute atomic E-state index is 0.0506. The van der Waals surface area contributed by atoms with Gasteiger partial charge in [0.15, 0.2) is 0 Å². The van der Waals surface area contributed by atoms with E-state index in [0.29, 0.717) is 46.5 Å². The number of hydrogen-bond donors (Lipinski definition) is 1. The molecule has 2 aromatic heterocycles. The molecule has 0 saturated carbocycles. The molecule has 11 nitrogen and oxygen atoms in total. The van der Waals surface area contributed by atoms with Crippen molar-refractivity contribution in [2.75, 3.05) is 76.6 Å². The molecule has 1 unspecified atom stereocenters. The lowest BCUT2D eigenvalue weighted by Gasteiger charge is -2.30. The SMILES string of the molecule is COc1cc(N(C)CCN(C)C)c(N(C=O)CCN(C)C(=O)C(F)Cl)cc1Nc1ncc(Cl)c(-c2cn(C)c3ccccc23)n1. The van der Waals surface area contributed by atoms with Crippen LogP contribution in [0, 0.1) is 0 Å². The molecule has 240 valence electrons. The first-order chi connectivity index (χ1) is 21.4. The highest BCUT2D eigenvalue weighted by molar-refractivity contribution is 6.33. The lowest BCUT2D eigenvalue weighted by atomic mass is 10.1. The van der Waals surface area contributed by atoms with Crippen molar-refractivity contribution >= 4 is 69.4 Å². The maximum atomic E-state index is 13.4. The molecule has 4 rings (SSSR count). The summed E-state index contributed by atoms with van der Waals surface area (Å²) in [6, 6.07) is 11.5. The Bertz CT molecular complexity index is 1670. The molecule has 0 aliphatic carbocycles. The second-order valence-electron chi connectivity index (χ2n) is 10.8. The van der Waals surface area contributed by atoms with Crippen LogP contribution in [0.5, 0.6) is 5.75 Å². The number of halogens is 3. The average Bonchev–Trinajstić information content (AvgIpc) is 3.36. The van der Waals surface area contributed by atoms with Gasteiger partial charge in [-0.15, -0.1) is 0 Å². The van der Waals surface area contributed by atoms with Crippen LogP contribution in [0.4, 0.5) is 27.4 Å². The third-order valence-electron chi connectivity index (χ3n) is 7.41. The minimum Gasteiger partial charge on any atom is -0.494 e. The largest absolute Gasteiger partial charge is 0.494 e. The van der Waals surface area contributed by atoms with Gasteiger partial charge in [-0.25, -0.2) is 14.4 Å². The first-order valence-corrected chi connectivity index (χ1v) is 14.9. The van der Waals surface area contributed by atoms with Gasteiger partial charge in [0.25, 0.3) is 11.5 Å². The van der Waals surface area contributed by atoms with Crippen LogP contribution in [0.3, 0.4) is 0 Å². The number of likely N-dealkylation sites (N-methyl/N-ethyl adjacent to an activating group) is 3. The molecule has 45 heavy (non-hydrogen) atoms. The second kappa shape index (κ2) is 14.8. The van der Waals surface area contributed by atoms with E-state index in [4.69, 9.17) is 32.9 Å². The highest BCUT2D eigenvalue weighted by atomic mass is 35.5. The molecule has 4 aromatic rings. The number of benzene rings is 2. The van der Waals surface area contributed by atoms with E-state index >= 15 is 0 Å². The lowest BCUT2D eigenvalue weighted by molar-refractivity contribution is -0.132. The molecule has 0 fully saturated rings. The second-order valence-corrected chi connectivity index (χ2v) is 11.6. The van der Waals surface area contributed by atoms with Gasteiger partial charge >= 0.3 is 0 Å². The summed E-state index contributed by atoms with van der Waals surface area (Å²) in [6.07, 6.45) is 4.17. The van der Waals surface area contributed by atoms with Crippen molar-refractivity contribution in [3.63, 3.8) is 0 Å². The molecule has 2 heterocycles. The number of methoxy groups -OCH3 is 1. The molecular weight excluding hydrogens is 622 g/mol. The zero-order valence-corrected chi connectivity index (χ0v) is 27.6. The molecule has 14 heteroatoms. The van der Waals surface area contributed by atoms with E-state index in [-0.39, 0.29) is 19.0 Å². The fourth-order valence-corrected chi connectivity index (χ4v) is 5.22. The van der Waals surface area contributed by atoms with Gasteiger partial charge in [-0.3, -0.25) is 9.59 Å². The van der Waals surface area contributed by atoms with Crippen LogP contribution in [0.2, 0.25) is 5.02 Å². The highest BCUT2D eigenvalue weighted by Gasteiger charge is 2.23. The number of carbonyl (C=O) groups excluding carboxylic acids is 2. The van der Waals surface area contributed by atoms with Crippen LogP contribution >= 0.6 is 23.2 Å². The Labute approximate surface area is 272 Å². The number of hydrogen-bond acceptors (Lipinski definition) is 8. The van der Waals surface area contributed by atoms with Crippen molar-refractivity contribution < 1.29 is 18.7 Å². The molecule has 0 spiro atoms. The van der Waals surface area contributed by atoms with Crippen molar-refractivity contribution in [3.05, 3.63) is 53.8 Å². The van der Waals surface area contributed by atoms with E-state index in [2.05, 4.69) is 10.3 Å². The van der Waals surface area contributed by atoms with Gasteiger partial charge in [-0.05, 0) is 26.2 Å². The van der Waals surface area contributed by atoms with Crippen LogP contribution in [-0.2, 0) is 16.6 Å². The molecule has 0 aliphatic rings. The third kappa shape index (κ3) is 7.75. The number of para-hydroxylation sites is 1. The Hall–Kier alpha value is -4.13. The van der Waals surface area contributed by atoms with Gasteiger partial charge in [0.05, 0.1) is 41.1 Å². The molecular formula is C31H37Cl2FN8O3. The van der Waals surface area contributed by atoms with Gasteiger partial charge in [0.2, 0.25) is 12.4 Å². The van der Waals surface area contributed by atoms with Crippen molar-refractivity contribution in [3.8, 4) is 17.0 Å². The van der Waals surface area contributed by atoms with Gasteiger partial charge < -0.3 is 34.2 Å². The van der Waals surface area contributed by atoms with Crippen LogP contribution in [0.1, 0.15) is 0 Å². The molecule has 0 radical (unpaired) electrons. The number of aryl methyl sites for hydroxylation is 1. The summed E-state index contributed by atoms with van der Waals surface area (Å²) in [4.78, 5) is 40.3. The zero-order valence-electron chi connectivity index (χ0n) is 26.1. The molecule has 0 saturated heterocycles. The average molecular weight is 660 g/mol. The fraction of sp³-hybridized carbons (Fsp3) is 0.355. The van der Waals surface area contributed by atoms with E-state index in [1.165, 1.54) is 18.1 Å². The molecule has 0 aliphatic heterocycles. The van der Waals surface area contributed by atoms with Crippen molar-refractivity contribution in [2.24, 2.45) is 7.05 Å². The van der Waals surface area contributed by atoms with E-state index in [1.807, 2.05) is 79.1 Å². The van der Waals surface area contributed by atoms with Crippen LogP contribution in [-0.4, -0.2) is 104 Å². The third-order valence-corrected chi connectivity index (χ3v) is 7.87. The Morgan fingerprint density at radius 3 is 2.51 bits per heavy atom. The monoisotopic (exact) mass is 658 g/mol. The summed E-state index contributed by atoms with van der Waals surface area (Å²) >= 11 is 11.9. The Morgan fingerprint density at radius 2 is 1.84 bits per heavy atom. The van der Waals surface area contributed by atoms with Crippen molar-refractivity contribution in [1.29, 1.82) is 0 Å². The Balaban J connectivity index is 1.75.